The summed E-state index contributed by atoms with van der Waals surface area (Å²) in [6.45, 7) is 11.3. The van der Waals surface area contributed by atoms with E-state index in [0.29, 0.717) is 22.4 Å². The van der Waals surface area contributed by atoms with Crippen molar-refractivity contribution in [1.29, 1.82) is 0 Å². The molecule has 4 rings (SSSR count). The van der Waals surface area contributed by atoms with Gasteiger partial charge < -0.3 is 4.74 Å². The van der Waals surface area contributed by atoms with E-state index in [4.69, 9.17) is 4.74 Å². The lowest BCUT2D eigenvalue weighted by atomic mass is 10.1. The second-order valence-electron chi connectivity index (χ2n) is 7.74. The Kier molecular flexibility index (Phi) is 9.55. The summed E-state index contributed by atoms with van der Waals surface area (Å²) < 4.78 is 23.5. The Bertz CT molecular complexity index is 1530. The average Bonchev–Trinajstić information content (AvgIpc) is 2.88. The molecule has 0 N–H and O–H groups in total. The minimum atomic E-state index is -0.735. The first-order valence-corrected chi connectivity index (χ1v) is 12.0. The summed E-state index contributed by atoms with van der Waals surface area (Å²) in [5.41, 5.74) is 0.136. The first-order chi connectivity index (χ1) is 17.2. The monoisotopic (exact) mass is 495 g/mol. The number of aryl methyl sites for hydroxylation is 3. The number of pyridine rings is 1. The minimum absolute atomic E-state index is 0.0205. The predicted molar refractivity (Wildman–Crippen MR) is 143 cm³/mol. The summed E-state index contributed by atoms with van der Waals surface area (Å²) in [4.78, 5) is 39.4. The van der Waals surface area contributed by atoms with Gasteiger partial charge in [0.1, 0.15) is 17.2 Å². The molecule has 2 aromatic heterocycles. The Morgan fingerprint density at radius 3 is 2.06 bits per heavy atom. The van der Waals surface area contributed by atoms with Crippen LogP contribution in [0.4, 0.5) is 4.39 Å². The van der Waals surface area contributed by atoms with Crippen LogP contribution < -0.4 is 21.5 Å². The van der Waals surface area contributed by atoms with Crippen LogP contribution in [0.25, 0.3) is 16.7 Å². The number of hydrogen-bond donors (Lipinski definition) is 0. The molecule has 0 amide bonds. The number of nitrogens with zero attached hydrogens (tertiary/aromatic N) is 3. The summed E-state index contributed by atoms with van der Waals surface area (Å²) in [5.74, 6) is 0.0154. The molecule has 2 heterocycles. The van der Waals surface area contributed by atoms with Crippen molar-refractivity contribution in [3.63, 3.8) is 0 Å². The standard InChI is InChI=1S/C24H22FN3O4.2C2H6/c1-14-5-10-19(18(25)11-14)28-22-21(15(2)12-20(29)26(22)3)23(30)27(24(28)31)13-16-6-8-17(32-4)9-7-16;2*1-2/h5-12H,13H2,1-4H3;2*1-2H3. The van der Waals surface area contributed by atoms with Crippen molar-refractivity contribution in [3.05, 3.63) is 102 Å². The van der Waals surface area contributed by atoms with Crippen LogP contribution in [0, 0.1) is 19.7 Å². The highest BCUT2D eigenvalue weighted by Gasteiger charge is 2.21. The molecule has 192 valence electrons. The van der Waals surface area contributed by atoms with E-state index in [1.807, 2.05) is 27.7 Å². The van der Waals surface area contributed by atoms with E-state index in [0.717, 1.165) is 9.13 Å². The highest BCUT2D eigenvalue weighted by Crippen LogP contribution is 2.19. The molecule has 8 heteroatoms. The Morgan fingerprint density at radius 1 is 0.889 bits per heavy atom. The van der Waals surface area contributed by atoms with Gasteiger partial charge in [-0.05, 0) is 54.8 Å². The molecule has 0 aliphatic rings. The Balaban J connectivity index is 0.00000109. The third-order valence-electron chi connectivity index (χ3n) is 5.54. The van der Waals surface area contributed by atoms with Crippen molar-refractivity contribution in [2.75, 3.05) is 7.11 Å². The molecular weight excluding hydrogens is 461 g/mol. The van der Waals surface area contributed by atoms with E-state index in [1.54, 1.807) is 51.3 Å². The maximum absolute atomic E-state index is 15.0. The van der Waals surface area contributed by atoms with Gasteiger partial charge in [0.2, 0.25) is 0 Å². The van der Waals surface area contributed by atoms with Crippen molar-refractivity contribution in [2.24, 2.45) is 7.05 Å². The van der Waals surface area contributed by atoms with Gasteiger partial charge in [0.25, 0.3) is 11.1 Å². The van der Waals surface area contributed by atoms with Gasteiger partial charge in [-0.25, -0.2) is 13.8 Å². The molecule has 0 spiro atoms. The van der Waals surface area contributed by atoms with E-state index >= 15 is 0 Å². The fourth-order valence-corrected chi connectivity index (χ4v) is 3.83. The van der Waals surface area contributed by atoms with Crippen molar-refractivity contribution in [2.45, 2.75) is 48.1 Å². The fraction of sp³-hybridized carbons (Fsp3) is 0.321. The number of fused-ring (bicyclic) bond motifs is 1. The van der Waals surface area contributed by atoms with Gasteiger partial charge >= 0.3 is 5.69 Å². The predicted octanol–water partition coefficient (Wildman–Crippen LogP) is 4.72. The zero-order valence-electron chi connectivity index (χ0n) is 22.2. The number of aromatic nitrogens is 3. The van der Waals surface area contributed by atoms with Crippen LogP contribution in [0.5, 0.6) is 5.75 Å². The molecule has 0 bridgehead atoms. The molecule has 4 aromatic rings. The zero-order chi connectivity index (χ0) is 27.2. The molecule has 0 saturated heterocycles. The third kappa shape index (κ3) is 5.32. The first kappa shape index (κ1) is 28.3. The largest absolute Gasteiger partial charge is 0.497 e. The van der Waals surface area contributed by atoms with Crippen molar-refractivity contribution in [1.82, 2.24) is 13.7 Å². The molecule has 2 aromatic carbocycles. The van der Waals surface area contributed by atoms with Crippen molar-refractivity contribution in [3.8, 4) is 11.4 Å². The van der Waals surface area contributed by atoms with Gasteiger partial charge in [-0.3, -0.25) is 18.7 Å². The second kappa shape index (κ2) is 12.2. The van der Waals surface area contributed by atoms with Gasteiger partial charge in [-0.15, -0.1) is 0 Å². The molecule has 0 aliphatic carbocycles. The lowest BCUT2D eigenvalue weighted by Gasteiger charge is -2.18. The van der Waals surface area contributed by atoms with Crippen LogP contribution in [-0.2, 0) is 13.6 Å². The van der Waals surface area contributed by atoms with Crippen LogP contribution >= 0.6 is 0 Å². The van der Waals surface area contributed by atoms with Crippen LogP contribution in [0.1, 0.15) is 44.4 Å². The van der Waals surface area contributed by atoms with Gasteiger partial charge in [-0.1, -0.05) is 45.9 Å². The van der Waals surface area contributed by atoms with E-state index < -0.39 is 22.6 Å². The molecular formula is C28H34FN3O4. The Labute approximate surface area is 210 Å². The number of ether oxygens (including phenoxy) is 1. The maximum Gasteiger partial charge on any atom is 0.337 e. The minimum Gasteiger partial charge on any atom is -0.497 e. The molecule has 0 radical (unpaired) electrons. The van der Waals surface area contributed by atoms with E-state index in [-0.39, 0.29) is 23.3 Å². The highest BCUT2D eigenvalue weighted by atomic mass is 19.1. The van der Waals surface area contributed by atoms with Crippen molar-refractivity contribution < 1.29 is 9.13 Å². The molecule has 0 saturated carbocycles. The number of rotatable bonds is 4. The zero-order valence-corrected chi connectivity index (χ0v) is 22.2. The van der Waals surface area contributed by atoms with Gasteiger partial charge in [0, 0.05) is 13.1 Å². The lowest BCUT2D eigenvalue weighted by Crippen LogP contribution is -2.42. The Morgan fingerprint density at radius 2 is 1.50 bits per heavy atom. The van der Waals surface area contributed by atoms with Gasteiger partial charge in [-0.2, -0.15) is 0 Å². The molecule has 0 atom stereocenters. The van der Waals surface area contributed by atoms with Crippen LogP contribution in [0.3, 0.4) is 0 Å². The van der Waals surface area contributed by atoms with Gasteiger partial charge in [0.15, 0.2) is 0 Å². The van der Waals surface area contributed by atoms with E-state index in [9.17, 15) is 18.8 Å². The fourth-order valence-electron chi connectivity index (χ4n) is 3.83. The quantitative estimate of drug-likeness (QED) is 0.411. The number of benzene rings is 2. The molecule has 7 nitrogen and oxygen atoms in total. The van der Waals surface area contributed by atoms with Crippen molar-refractivity contribution >= 4 is 11.0 Å². The Hall–Kier alpha value is -3.94. The van der Waals surface area contributed by atoms with Crippen LogP contribution in [0.15, 0.2) is 62.9 Å². The molecule has 0 aliphatic heterocycles. The summed E-state index contributed by atoms with van der Waals surface area (Å²) in [7, 11) is 3.00. The SMILES string of the molecule is CC.CC.COc1ccc(Cn2c(=O)c3c(C)cc(=O)n(C)c3n(-c3ccc(C)cc3F)c2=O)cc1. The third-order valence-corrected chi connectivity index (χ3v) is 5.54. The number of methoxy groups -OCH3 is 1. The second-order valence-corrected chi connectivity index (χ2v) is 7.74. The van der Waals surface area contributed by atoms with E-state index in [1.165, 1.54) is 29.8 Å². The van der Waals surface area contributed by atoms with E-state index in [2.05, 4.69) is 0 Å². The smallest absolute Gasteiger partial charge is 0.337 e. The maximum atomic E-state index is 15.0. The summed E-state index contributed by atoms with van der Waals surface area (Å²) >= 11 is 0. The summed E-state index contributed by atoms with van der Waals surface area (Å²) in [6.07, 6.45) is 0. The van der Waals surface area contributed by atoms with Crippen LogP contribution in [-0.4, -0.2) is 20.8 Å². The van der Waals surface area contributed by atoms with Gasteiger partial charge in [0.05, 0.1) is 24.7 Å². The normalized spacial score (nSPS) is 10.2. The molecule has 36 heavy (non-hydrogen) atoms. The lowest BCUT2D eigenvalue weighted by molar-refractivity contribution is 0.414. The van der Waals surface area contributed by atoms with Crippen LogP contribution in [0.2, 0.25) is 0 Å². The number of halogens is 1. The topological polar surface area (TPSA) is 75.2 Å². The number of hydrogen-bond acceptors (Lipinski definition) is 4. The summed E-state index contributed by atoms with van der Waals surface area (Å²) in [5, 5.41) is 0.181. The molecule has 0 unspecified atom stereocenters. The first-order valence-electron chi connectivity index (χ1n) is 12.0. The summed E-state index contributed by atoms with van der Waals surface area (Å²) in [6, 6.07) is 12.7. The highest BCUT2D eigenvalue weighted by molar-refractivity contribution is 5.79. The average molecular weight is 496 g/mol. The molecule has 0 fully saturated rings.